The van der Waals surface area contributed by atoms with Gasteiger partial charge in [-0.3, -0.25) is 4.79 Å². The summed E-state index contributed by atoms with van der Waals surface area (Å²) in [7, 11) is -0.413. The molecule has 7 nitrogen and oxygen atoms in total. The van der Waals surface area contributed by atoms with Crippen molar-refractivity contribution in [2.75, 3.05) is 20.5 Å². The topological polar surface area (TPSA) is 87.0 Å². The summed E-state index contributed by atoms with van der Waals surface area (Å²) in [5.41, 5.74) is 0.821. The van der Waals surface area contributed by atoms with Gasteiger partial charge in [0.25, 0.3) is 5.91 Å². The summed E-state index contributed by atoms with van der Waals surface area (Å²) in [5, 5.41) is 0. The van der Waals surface area contributed by atoms with Crippen LogP contribution in [0.15, 0.2) is 46.3 Å². The maximum absolute atomic E-state index is 12.8. The molecule has 0 saturated heterocycles. The van der Waals surface area contributed by atoms with Crippen LogP contribution < -0.4 is 14.3 Å². The van der Waals surface area contributed by atoms with Gasteiger partial charge in [0.2, 0.25) is 0 Å². The van der Waals surface area contributed by atoms with Crippen LogP contribution >= 0.6 is 11.3 Å². The number of aromatic nitrogens is 1. The summed E-state index contributed by atoms with van der Waals surface area (Å²) in [6.07, 6.45) is 1.07. The lowest BCUT2D eigenvalue weighted by molar-refractivity contribution is 0.0994. The first-order valence-corrected chi connectivity index (χ1v) is 11.1. The summed E-state index contributed by atoms with van der Waals surface area (Å²) in [6.45, 7) is 2.47. The van der Waals surface area contributed by atoms with Crippen LogP contribution in [0.5, 0.6) is 11.5 Å². The Labute approximate surface area is 166 Å². The molecule has 0 radical (unpaired) electrons. The first-order chi connectivity index (χ1) is 13.3. The van der Waals surface area contributed by atoms with Gasteiger partial charge in [-0.2, -0.15) is 4.99 Å². The van der Waals surface area contributed by atoms with Crippen molar-refractivity contribution < 1.29 is 22.7 Å². The first kappa shape index (κ1) is 20.1. The van der Waals surface area contributed by atoms with E-state index < -0.39 is 15.7 Å². The summed E-state index contributed by atoms with van der Waals surface area (Å²) < 4.78 is 37.6. The average Bonchev–Trinajstić information content (AvgIpc) is 3.04. The molecule has 0 N–H and O–H groups in total. The van der Waals surface area contributed by atoms with E-state index in [2.05, 4.69) is 4.99 Å². The van der Waals surface area contributed by atoms with Crippen molar-refractivity contribution in [2.24, 2.45) is 4.99 Å². The summed E-state index contributed by atoms with van der Waals surface area (Å²) in [4.78, 5) is 17.5. The van der Waals surface area contributed by atoms with Crippen molar-refractivity contribution in [1.29, 1.82) is 0 Å². The number of hydrogen-bond acceptors (Lipinski definition) is 6. The quantitative estimate of drug-likeness (QED) is 0.633. The zero-order chi connectivity index (χ0) is 20.5. The third-order valence-electron chi connectivity index (χ3n) is 4.22. The van der Waals surface area contributed by atoms with Gasteiger partial charge < -0.3 is 14.0 Å². The highest BCUT2D eigenvalue weighted by Crippen LogP contribution is 2.35. The first-order valence-electron chi connectivity index (χ1n) is 8.44. The molecule has 0 spiro atoms. The minimum absolute atomic E-state index is 0.0388. The fourth-order valence-electron chi connectivity index (χ4n) is 2.95. The van der Waals surface area contributed by atoms with Gasteiger partial charge in [-0.15, -0.1) is 0 Å². The monoisotopic (exact) mass is 420 g/mol. The van der Waals surface area contributed by atoms with E-state index in [1.165, 1.54) is 23.5 Å². The van der Waals surface area contributed by atoms with Crippen LogP contribution in [0.4, 0.5) is 0 Å². The average molecular weight is 421 g/mol. The van der Waals surface area contributed by atoms with Gasteiger partial charge in [0.05, 0.1) is 24.7 Å². The highest BCUT2D eigenvalue weighted by atomic mass is 32.2. The van der Waals surface area contributed by atoms with E-state index in [1.54, 1.807) is 38.5 Å². The Bertz CT molecular complexity index is 1220. The van der Waals surface area contributed by atoms with E-state index in [0.717, 1.165) is 16.5 Å². The van der Waals surface area contributed by atoms with E-state index >= 15 is 0 Å². The molecule has 2 aromatic carbocycles. The van der Waals surface area contributed by atoms with E-state index in [1.807, 2.05) is 11.5 Å². The third-order valence-corrected chi connectivity index (χ3v) is 6.47. The van der Waals surface area contributed by atoms with Crippen molar-refractivity contribution in [2.45, 2.75) is 18.4 Å². The van der Waals surface area contributed by atoms with Gasteiger partial charge in [0, 0.05) is 12.8 Å². The Morgan fingerprint density at radius 3 is 2.36 bits per heavy atom. The molecule has 0 saturated carbocycles. The number of fused-ring (bicyclic) bond motifs is 1. The number of sulfone groups is 1. The van der Waals surface area contributed by atoms with Crippen LogP contribution in [0.3, 0.4) is 0 Å². The lowest BCUT2D eigenvalue weighted by atomic mass is 10.2. The molecule has 3 rings (SSSR count). The molecule has 0 fully saturated rings. The minimum atomic E-state index is -3.56. The molecule has 1 aromatic heterocycles. The molecule has 1 amide bonds. The number of methoxy groups -OCH3 is 2. The smallest absolute Gasteiger partial charge is 0.280 e. The van der Waals surface area contributed by atoms with E-state index in [9.17, 15) is 13.2 Å². The predicted molar refractivity (Wildman–Crippen MR) is 108 cm³/mol. The number of hydrogen-bond donors (Lipinski definition) is 0. The Morgan fingerprint density at radius 1 is 1.11 bits per heavy atom. The largest absolute Gasteiger partial charge is 0.495 e. The number of ether oxygens (including phenoxy) is 2. The van der Waals surface area contributed by atoms with Crippen molar-refractivity contribution >= 4 is 37.3 Å². The molecule has 0 unspecified atom stereocenters. The van der Waals surface area contributed by atoms with Gasteiger partial charge in [0.1, 0.15) is 21.7 Å². The number of benzene rings is 2. The number of rotatable bonds is 5. The molecule has 148 valence electrons. The Kier molecular flexibility index (Phi) is 5.57. The minimum Gasteiger partial charge on any atom is -0.495 e. The van der Waals surface area contributed by atoms with Crippen molar-refractivity contribution in [3.05, 3.63) is 46.8 Å². The lowest BCUT2D eigenvalue weighted by Gasteiger charge is -2.08. The standard InChI is InChI=1S/C19H20N2O5S2/c1-5-21-16-13(25-2)10-11-14(26-3)17(16)27-19(21)20-18(22)12-8-6-7-9-15(12)28(4,23)24/h6-11H,5H2,1-4H3. The van der Waals surface area contributed by atoms with Crippen LogP contribution in [0.2, 0.25) is 0 Å². The zero-order valence-corrected chi connectivity index (χ0v) is 17.6. The van der Waals surface area contributed by atoms with Gasteiger partial charge in [-0.1, -0.05) is 23.5 Å². The molecule has 0 bridgehead atoms. The SMILES string of the molecule is CCn1c(=NC(=O)c2ccccc2S(C)(=O)=O)sc2c(OC)ccc(OC)c21. The number of thiazole rings is 1. The Hall–Kier alpha value is -2.65. The zero-order valence-electron chi connectivity index (χ0n) is 15.9. The number of amides is 1. The second kappa shape index (κ2) is 7.76. The summed E-state index contributed by atoms with van der Waals surface area (Å²) in [5.74, 6) is 0.667. The van der Waals surface area contributed by atoms with Crippen LogP contribution in [0.25, 0.3) is 10.2 Å². The fourth-order valence-corrected chi connectivity index (χ4v) is 5.03. The van der Waals surface area contributed by atoms with Crippen LogP contribution in [-0.2, 0) is 16.4 Å². The second-order valence-electron chi connectivity index (χ2n) is 5.96. The lowest BCUT2D eigenvalue weighted by Crippen LogP contribution is -2.17. The van der Waals surface area contributed by atoms with Crippen LogP contribution in [0, 0.1) is 0 Å². The molecule has 0 aliphatic carbocycles. The number of carbonyl (C=O) groups is 1. The molecular formula is C19H20N2O5S2. The van der Waals surface area contributed by atoms with E-state index in [4.69, 9.17) is 9.47 Å². The Morgan fingerprint density at radius 2 is 1.75 bits per heavy atom. The summed E-state index contributed by atoms with van der Waals surface area (Å²) >= 11 is 1.29. The normalized spacial score (nSPS) is 12.4. The molecule has 3 aromatic rings. The van der Waals surface area contributed by atoms with Crippen LogP contribution in [0.1, 0.15) is 17.3 Å². The van der Waals surface area contributed by atoms with Crippen molar-refractivity contribution in [3.63, 3.8) is 0 Å². The van der Waals surface area contributed by atoms with Crippen LogP contribution in [-0.4, -0.2) is 39.4 Å². The highest BCUT2D eigenvalue weighted by Gasteiger charge is 2.19. The van der Waals surface area contributed by atoms with E-state index in [-0.39, 0.29) is 10.5 Å². The number of carbonyl (C=O) groups excluding carboxylic acids is 1. The molecule has 1 heterocycles. The molecule has 0 atom stereocenters. The summed E-state index contributed by atoms with van der Waals surface area (Å²) in [6, 6.07) is 9.65. The molecule has 28 heavy (non-hydrogen) atoms. The van der Waals surface area contributed by atoms with Crippen molar-refractivity contribution in [3.8, 4) is 11.5 Å². The third kappa shape index (κ3) is 3.55. The molecule has 0 aliphatic rings. The Balaban J connectivity index is 2.28. The van der Waals surface area contributed by atoms with E-state index in [0.29, 0.717) is 22.8 Å². The number of nitrogens with zero attached hydrogens (tertiary/aromatic N) is 2. The maximum atomic E-state index is 12.8. The van der Waals surface area contributed by atoms with Gasteiger partial charge in [0.15, 0.2) is 14.6 Å². The highest BCUT2D eigenvalue weighted by molar-refractivity contribution is 7.90. The fraction of sp³-hybridized carbons (Fsp3) is 0.263. The maximum Gasteiger partial charge on any atom is 0.280 e. The molecule has 0 aliphatic heterocycles. The second-order valence-corrected chi connectivity index (χ2v) is 8.92. The van der Waals surface area contributed by atoms with Gasteiger partial charge in [-0.05, 0) is 31.2 Å². The molecular weight excluding hydrogens is 400 g/mol. The van der Waals surface area contributed by atoms with Crippen molar-refractivity contribution in [1.82, 2.24) is 4.57 Å². The van der Waals surface area contributed by atoms with Gasteiger partial charge in [-0.25, -0.2) is 8.42 Å². The van der Waals surface area contributed by atoms with Gasteiger partial charge >= 0.3 is 0 Å². The molecule has 9 heteroatoms. The number of aryl methyl sites for hydroxylation is 1. The predicted octanol–water partition coefficient (Wildman–Crippen LogP) is 2.88.